The van der Waals surface area contributed by atoms with Crippen molar-refractivity contribution in [3.63, 3.8) is 0 Å². The summed E-state index contributed by atoms with van der Waals surface area (Å²) >= 11 is 0. The van der Waals surface area contributed by atoms with Gasteiger partial charge >= 0.3 is 0 Å². The van der Waals surface area contributed by atoms with E-state index in [9.17, 15) is 4.79 Å². The highest BCUT2D eigenvalue weighted by atomic mass is 16.5. The Kier molecular flexibility index (Phi) is 8.67. The van der Waals surface area contributed by atoms with Crippen molar-refractivity contribution in [2.24, 2.45) is 11.7 Å². The largest absolute Gasteiger partial charge is 0.380 e. The van der Waals surface area contributed by atoms with Crippen molar-refractivity contribution >= 4 is 5.91 Å². The van der Waals surface area contributed by atoms with Crippen LogP contribution < -0.4 is 11.1 Å². The molecule has 20 heavy (non-hydrogen) atoms. The highest BCUT2D eigenvalue weighted by Crippen LogP contribution is 2.07. The van der Waals surface area contributed by atoms with Gasteiger partial charge in [0.1, 0.15) is 0 Å². The molecule has 1 aromatic carbocycles. The molecule has 0 aliphatic rings. The van der Waals surface area contributed by atoms with Crippen LogP contribution in [0, 0.1) is 5.92 Å². The average Bonchev–Trinajstić information content (AvgIpc) is 2.49. The topological polar surface area (TPSA) is 64.3 Å². The maximum atomic E-state index is 12.0. The molecule has 0 radical (unpaired) electrons. The Morgan fingerprint density at radius 2 is 2.05 bits per heavy atom. The fraction of sp³-hybridized carbons (Fsp3) is 0.562. The minimum atomic E-state index is -0.173. The van der Waals surface area contributed by atoms with E-state index in [2.05, 4.69) is 12.2 Å². The van der Waals surface area contributed by atoms with Gasteiger partial charge in [-0.05, 0) is 18.4 Å². The second-order valence-corrected chi connectivity index (χ2v) is 4.88. The van der Waals surface area contributed by atoms with E-state index in [1.54, 1.807) is 0 Å². The number of hydrogen-bond acceptors (Lipinski definition) is 3. The predicted molar refractivity (Wildman–Crippen MR) is 81.4 cm³/mol. The van der Waals surface area contributed by atoms with Gasteiger partial charge in [-0.1, -0.05) is 43.7 Å². The first-order valence-corrected chi connectivity index (χ1v) is 7.37. The molecule has 0 aliphatic heterocycles. The van der Waals surface area contributed by atoms with Gasteiger partial charge in [-0.2, -0.15) is 0 Å². The average molecular weight is 278 g/mol. The lowest BCUT2D eigenvalue weighted by molar-refractivity contribution is -0.124. The van der Waals surface area contributed by atoms with E-state index in [1.165, 1.54) is 0 Å². The number of nitrogens with one attached hydrogen (secondary N) is 1. The first-order chi connectivity index (χ1) is 9.77. The zero-order chi connectivity index (χ0) is 14.6. The van der Waals surface area contributed by atoms with Crippen LogP contribution in [-0.2, 0) is 16.0 Å². The van der Waals surface area contributed by atoms with Gasteiger partial charge < -0.3 is 15.8 Å². The number of benzene rings is 1. The van der Waals surface area contributed by atoms with Crippen LogP contribution in [0.1, 0.15) is 25.3 Å². The van der Waals surface area contributed by atoms with E-state index < -0.39 is 0 Å². The maximum absolute atomic E-state index is 12.0. The van der Waals surface area contributed by atoms with Gasteiger partial charge in [0, 0.05) is 19.7 Å². The van der Waals surface area contributed by atoms with Crippen molar-refractivity contribution in [1.82, 2.24) is 5.32 Å². The quantitative estimate of drug-likeness (QED) is 0.641. The van der Waals surface area contributed by atoms with Crippen LogP contribution in [0.5, 0.6) is 0 Å². The molecular weight excluding hydrogens is 252 g/mol. The minimum absolute atomic E-state index is 0.00967. The van der Waals surface area contributed by atoms with Gasteiger partial charge in [0.25, 0.3) is 0 Å². The van der Waals surface area contributed by atoms with E-state index in [4.69, 9.17) is 10.5 Å². The number of carbonyl (C=O) groups is 1. The van der Waals surface area contributed by atoms with E-state index in [1.807, 2.05) is 30.3 Å². The number of carbonyl (C=O) groups excluding carboxylic acids is 1. The number of nitrogens with two attached hydrogens (primary N) is 1. The van der Waals surface area contributed by atoms with Crippen LogP contribution in [0.25, 0.3) is 0 Å². The molecule has 0 saturated carbocycles. The molecule has 0 spiro atoms. The van der Waals surface area contributed by atoms with Gasteiger partial charge in [0.05, 0.1) is 12.5 Å². The van der Waals surface area contributed by atoms with E-state index >= 15 is 0 Å². The molecule has 0 saturated heterocycles. The minimum Gasteiger partial charge on any atom is -0.380 e. The molecule has 1 unspecified atom stereocenters. The highest BCUT2D eigenvalue weighted by molar-refractivity contribution is 5.79. The predicted octanol–water partition coefficient (Wildman–Crippen LogP) is 1.74. The number of amides is 1. The maximum Gasteiger partial charge on any atom is 0.224 e. The molecule has 4 heteroatoms. The Labute approximate surface area is 121 Å². The lowest BCUT2D eigenvalue weighted by Crippen LogP contribution is -2.37. The summed E-state index contributed by atoms with van der Waals surface area (Å²) in [6, 6.07) is 9.95. The summed E-state index contributed by atoms with van der Waals surface area (Å²) < 4.78 is 5.41. The molecule has 3 N–H and O–H groups in total. The van der Waals surface area contributed by atoms with Crippen LogP contribution in [-0.4, -0.2) is 32.2 Å². The second kappa shape index (κ2) is 10.4. The standard InChI is InChI=1S/C16H26N2O2/c1-2-3-10-20-11-9-18-16(19)15(13-17)12-14-7-5-4-6-8-14/h4-8,15H,2-3,9-13,17H2,1H3,(H,18,19). The summed E-state index contributed by atoms with van der Waals surface area (Å²) in [5, 5.41) is 2.89. The summed E-state index contributed by atoms with van der Waals surface area (Å²) in [7, 11) is 0. The zero-order valence-electron chi connectivity index (χ0n) is 12.3. The van der Waals surface area contributed by atoms with Crippen LogP contribution in [0.2, 0.25) is 0 Å². The highest BCUT2D eigenvalue weighted by Gasteiger charge is 2.16. The molecular formula is C16H26N2O2. The number of rotatable bonds is 10. The Morgan fingerprint density at radius 3 is 2.70 bits per heavy atom. The lowest BCUT2D eigenvalue weighted by atomic mass is 9.98. The zero-order valence-corrected chi connectivity index (χ0v) is 12.3. The molecule has 1 atom stereocenters. The summed E-state index contributed by atoms with van der Waals surface area (Å²) in [6.07, 6.45) is 2.87. The smallest absolute Gasteiger partial charge is 0.224 e. The van der Waals surface area contributed by atoms with Gasteiger partial charge in [-0.15, -0.1) is 0 Å². The number of ether oxygens (including phenoxy) is 1. The van der Waals surface area contributed by atoms with E-state index in [0.29, 0.717) is 26.1 Å². The normalized spacial score (nSPS) is 12.1. The Hall–Kier alpha value is -1.39. The van der Waals surface area contributed by atoms with Crippen LogP contribution >= 0.6 is 0 Å². The fourth-order valence-electron chi connectivity index (χ4n) is 1.92. The molecule has 1 rings (SSSR count). The third-order valence-electron chi connectivity index (χ3n) is 3.17. The van der Waals surface area contributed by atoms with Crippen molar-refractivity contribution in [3.8, 4) is 0 Å². The molecule has 1 aromatic rings. The number of hydrogen-bond donors (Lipinski definition) is 2. The number of unbranched alkanes of at least 4 members (excludes halogenated alkanes) is 1. The van der Waals surface area contributed by atoms with Gasteiger partial charge in [-0.3, -0.25) is 4.79 Å². The molecule has 4 nitrogen and oxygen atoms in total. The Morgan fingerprint density at radius 1 is 1.30 bits per heavy atom. The molecule has 1 amide bonds. The van der Waals surface area contributed by atoms with Crippen LogP contribution in [0.4, 0.5) is 0 Å². The summed E-state index contributed by atoms with van der Waals surface area (Å²) in [5.41, 5.74) is 6.84. The van der Waals surface area contributed by atoms with Gasteiger partial charge in [0.2, 0.25) is 5.91 Å². The van der Waals surface area contributed by atoms with E-state index in [0.717, 1.165) is 25.0 Å². The van der Waals surface area contributed by atoms with Gasteiger partial charge in [-0.25, -0.2) is 0 Å². The summed E-state index contributed by atoms with van der Waals surface area (Å²) in [4.78, 5) is 12.0. The first-order valence-electron chi connectivity index (χ1n) is 7.37. The first kappa shape index (κ1) is 16.7. The van der Waals surface area contributed by atoms with Gasteiger partial charge in [0.15, 0.2) is 0 Å². The SMILES string of the molecule is CCCCOCCNC(=O)C(CN)Cc1ccccc1. The molecule has 0 heterocycles. The third-order valence-corrected chi connectivity index (χ3v) is 3.17. The molecule has 0 fully saturated rings. The van der Waals surface area contributed by atoms with Crippen molar-refractivity contribution in [2.75, 3.05) is 26.3 Å². The van der Waals surface area contributed by atoms with Crippen LogP contribution in [0.15, 0.2) is 30.3 Å². The molecule has 0 bridgehead atoms. The van der Waals surface area contributed by atoms with Crippen molar-refractivity contribution in [2.45, 2.75) is 26.2 Å². The lowest BCUT2D eigenvalue weighted by Gasteiger charge is -2.15. The fourth-order valence-corrected chi connectivity index (χ4v) is 1.92. The van der Waals surface area contributed by atoms with Crippen molar-refractivity contribution in [1.29, 1.82) is 0 Å². The molecule has 0 aliphatic carbocycles. The van der Waals surface area contributed by atoms with E-state index in [-0.39, 0.29) is 11.8 Å². The van der Waals surface area contributed by atoms with Crippen molar-refractivity contribution < 1.29 is 9.53 Å². The monoisotopic (exact) mass is 278 g/mol. The van der Waals surface area contributed by atoms with Crippen molar-refractivity contribution in [3.05, 3.63) is 35.9 Å². The summed E-state index contributed by atoms with van der Waals surface area (Å²) in [5.74, 6) is -0.163. The Balaban J connectivity index is 2.25. The third kappa shape index (κ3) is 6.68. The molecule has 0 aromatic heterocycles. The Bertz CT molecular complexity index is 368. The summed E-state index contributed by atoms with van der Waals surface area (Å²) in [6.45, 7) is 4.36. The van der Waals surface area contributed by atoms with Crippen LogP contribution in [0.3, 0.4) is 0 Å². The second-order valence-electron chi connectivity index (χ2n) is 4.88. The molecule has 112 valence electrons.